The van der Waals surface area contributed by atoms with Gasteiger partial charge in [-0.1, -0.05) is 42.1 Å². The number of fused-ring (bicyclic) bond motifs is 5. The third kappa shape index (κ3) is 3.36. The minimum atomic E-state index is 0.793. The molecule has 0 amide bonds. The largest absolute Gasteiger partial charge is 0.463 e. The van der Waals surface area contributed by atoms with Gasteiger partial charge in [0.15, 0.2) is 10.9 Å². The summed E-state index contributed by atoms with van der Waals surface area (Å²) in [5.74, 6) is 1.75. The molecule has 1 aliphatic rings. The molecule has 1 aliphatic carbocycles. The van der Waals surface area contributed by atoms with E-state index in [-0.39, 0.29) is 0 Å². The van der Waals surface area contributed by atoms with Gasteiger partial charge in [-0.2, -0.15) is 0 Å². The van der Waals surface area contributed by atoms with Crippen molar-refractivity contribution in [3.05, 3.63) is 65.4 Å². The summed E-state index contributed by atoms with van der Waals surface area (Å²) in [4.78, 5) is 15.8. The average Bonchev–Trinajstić information content (AvgIpc) is 3.58. The lowest BCUT2D eigenvalue weighted by atomic mass is 10.0. The Hall–Kier alpha value is -2.90. The Morgan fingerprint density at radius 2 is 1.91 bits per heavy atom. The van der Waals surface area contributed by atoms with Crippen molar-refractivity contribution in [2.75, 3.05) is 18.1 Å². The first kappa shape index (κ1) is 19.8. The van der Waals surface area contributed by atoms with Crippen molar-refractivity contribution < 1.29 is 4.42 Å². The van der Waals surface area contributed by atoms with E-state index in [1.165, 1.54) is 22.1 Å². The first-order valence-corrected chi connectivity index (χ1v) is 12.9. The van der Waals surface area contributed by atoms with Gasteiger partial charge >= 0.3 is 0 Å². The maximum absolute atomic E-state index is 5.72. The van der Waals surface area contributed by atoms with Crippen LogP contribution in [0.15, 0.2) is 58.3 Å². The van der Waals surface area contributed by atoms with Gasteiger partial charge in [-0.3, -0.25) is 0 Å². The molecule has 0 radical (unpaired) electrons. The number of hydrogen-bond acceptors (Lipinski definition) is 7. The standard InChI is InChI=1S/C25H22N4OS2/c1-31-25-28-21-19-16-9-5-10-17(16)20(18-11-6-14-30-18)27-24(19)32-22(21)23(29-25)26-13-12-15-7-3-2-4-8-15/h2-4,6-8,11,14H,5,9-10,12-13H2,1H3,(H,26,28,29). The molecule has 5 aromatic rings. The highest BCUT2D eigenvalue weighted by Crippen LogP contribution is 2.44. The topological polar surface area (TPSA) is 63.8 Å². The Morgan fingerprint density at radius 1 is 1.03 bits per heavy atom. The van der Waals surface area contributed by atoms with Gasteiger partial charge < -0.3 is 9.73 Å². The maximum atomic E-state index is 5.72. The molecule has 160 valence electrons. The van der Waals surface area contributed by atoms with E-state index < -0.39 is 0 Å². The van der Waals surface area contributed by atoms with Crippen LogP contribution in [0.5, 0.6) is 0 Å². The summed E-state index contributed by atoms with van der Waals surface area (Å²) in [5, 5.41) is 5.58. The normalized spacial score (nSPS) is 13.2. The number of nitrogens with zero attached hydrogens (tertiary/aromatic N) is 3. The van der Waals surface area contributed by atoms with Crippen LogP contribution in [0.25, 0.3) is 31.9 Å². The predicted molar refractivity (Wildman–Crippen MR) is 133 cm³/mol. The second-order valence-electron chi connectivity index (χ2n) is 7.93. The number of anilines is 1. The van der Waals surface area contributed by atoms with Gasteiger partial charge in [-0.25, -0.2) is 15.0 Å². The number of aryl methyl sites for hydroxylation is 1. The highest BCUT2D eigenvalue weighted by atomic mass is 32.2. The summed E-state index contributed by atoms with van der Waals surface area (Å²) >= 11 is 3.26. The van der Waals surface area contributed by atoms with Crippen LogP contribution in [0.3, 0.4) is 0 Å². The van der Waals surface area contributed by atoms with Crippen LogP contribution in [-0.2, 0) is 19.3 Å². The molecule has 1 aromatic carbocycles. The Balaban J connectivity index is 1.47. The number of rotatable bonds is 6. The SMILES string of the molecule is CSc1nc(NCCc2ccccc2)c2sc3nc(-c4ccco4)c4c(c3c2n1)CCC4. The minimum absolute atomic E-state index is 0.793. The molecule has 32 heavy (non-hydrogen) atoms. The fourth-order valence-corrected chi connectivity index (χ4v) is 6.02. The maximum Gasteiger partial charge on any atom is 0.189 e. The molecule has 7 heteroatoms. The lowest BCUT2D eigenvalue weighted by molar-refractivity contribution is 0.579. The van der Waals surface area contributed by atoms with Crippen LogP contribution in [0, 0.1) is 0 Å². The van der Waals surface area contributed by atoms with Gasteiger partial charge in [0, 0.05) is 11.9 Å². The number of thioether (sulfide) groups is 1. The molecule has 0 unspecified atom stereocenters. The van der Waals surface area contributed by atoms with Crippen LogP contribution < -0.4 is 5.32 Å². The summed E-state index contributed by atoms with van der Waals surface area (Å²) in [5.41, 5.74) is 6.03. The zero-order valence-electron chi connectivity index (χ0n) is 17.7. The fraction of sp³-hybridized carbons (Fsp3) is 0.240. The van der Waals surface area contributed by atoms with Crippen LogP contribution in [0.1, 0.15) is 23.1 Å². The third-order valence-electron chi connectivity index (χ3n) is 6.00. The smallest absolute Gasteiger partial charge is 0.189 e. The number of nitrogens with one attached hydrogen (secondary N) is 1. The minimum Gasteiger partial charge on any atom is -0.463 e. The number of benzene rings is 1. The van der Waals surface area contributed by atoms with Crippen LogP contribution >= 0.6 is 23.1 Å². The molecule has 0 aliphatic heterocycles. The van der Waals surface area contributed by atoms with Crippen molar-refractivity contribution in [2.45, 2.75) is 30.8 Å². The molecule has 0 spiro atoms. The number of thiophene rings is 1. The van der Waals surface area contributed by atoms with Crippen molar-refractivity contribution in [1.29, 1.82) is 0 Å². The average molecular weight is 459 g/mol. The highest BCUT2D eigenvalue weighted by Gasteiger charge is 2.26. The fourth-order valence-electron chi connectivity index (χ4n) is 4.54. The molecule has 0 atom stereocenters. The zero-order chi connectivity index (χ0) is 21.5. The van der Waals surface area contributed by atoms with Crippen molar-refractivity contribution in [3.63, 3.8) is 0 Å². The van der Waals surface area contributed by atoms with Gasteiger partial charge in [0.25, 0.3) is 0 Å². The number of aromatic nitrogens is 3. The quantitative estimate of drug-likeness (QED) is 0.236. The highest BCUT2D eigenvalue weighted by molar-refractivity contribution is 7.98. The van der Waals surface area contributed by atoms with E-state index in [2.05, 4.69) is 35.6 Å². The zero-order valence-corrected chi connectivity index (χ0v) is 19.4. The molecule has 0 saturated carbocycles. The monoisotopic (exact) mass is 458 g/mol. The number of furan rings is 1. The van der Waals surface area contributed by atoms with E-state index in [1.807, 2.05) is 18.4 Å². The van der Waals surface area contributed by atoms with Gasteiger partial charge in [-0.05, 0) is 60.8 Å². The molecule has 1 N–H and O–H groups in total. The number of hydrogen-bond donors (Lipinski definition) is 1. The first-order chi connectivity index (χ1) is 15.8. The Morgan fingerprint density at radius 3 is 2.72 bits per heavy atom. The molecule has 4 aromatic heterocycles. The van der Waals surface area contributed by atoms with Crippen molar-refractivity contribution in [3.8, 4) is 11.5 Å². The lowest BCUT2D eigenvalue weighted by Crippen LogP contribution is -2.07. The summed E-state index contributed by atoms with van der Waals surface area (Å²) in [6.07, 6.45) is 7.93. The first-order valence-electron chi connectivity index (χ1n) is 10.8. The summed E-state index contributed by atoms with van der Waals surface area (Å²) < 4.78 is 6.81. The van der Waals surface area contributed by atoms with Crippen LogP contribution in [0.2, 0.25) is 0 Å². The molecular formula is C25H22N4OS2. The second-order valence-corrected chi connectivity index (χ2v) is 9.70. The lowest BCUT2D eigenvalue weighted by Gasteiger charge is -2.09. The predicted octanol–water partition coefficient (Wildman–Crippen LogP) is 6.36. The Bertz CT molecular complexity index is 1410. The van der Waals surface area contributed by atoms with E-state index in [9.17, 15) is 0 Å². The Kier molecular flexibility index (Phi) is 5.08. The molecule has 0 saturated heterocycles. The van der Waals surface area contributed by atoms with Crippen molar-refractivity contribution in [2.24, 2.45) is 0 Å². The summed E-state index contributed by atoms with van der Waals surface area (Å²) in [7, 11) is 0. The Labute approximate surface area is 194 Å². The molecular weight excluding hydrogens is 436 g/mol. The van der Waals surface area contributed by atoms with Crippen LogP contribution in [-0.4, -0.2) is 27.8 Å². The summed E-state index contributed by atoms with van der Waals surface area (Å²) in [6, 6.07) is 14.5. The van der Waals surface area contributed by atoms with Gasteiger partial charge in [0.05, 0.1) is 16.5 Å². The van der Waals surface area contributed by atoms with E-state index in [0.717, 1.165) is 69.7 Å². The van der Waals surface area contributed by atoms with E-state index in [1.54, 1.807) is 29.4 Å². The molecule has 5 nitrogen and oxygen atoms in total. The van der Waals surface area contributed by atoms with E-state index in [4.69, 9.17) is 19.4 Å². The van der Waals surface area contributed by atoms with Gasteiger partial charge in [0.1, 0.15) is 16.3 Å². The van der Waals surface area contributed by atoms with Crippen molar-refractivity contribution >= 4 is 49.3 Å². The van der Waals surface area contributed by atoms with E-state index >= 15 is 0 Å². The van der Waals surface area contributed by atoms with Crippen LogP contribution in [0.4, 0.5) is 5.82 Å². The van der Waals surface area contributed by atoms with Gasteiger partial charge in [0.2, 0.25) is 0 Å². The second kappa shape index (κ2) is 8.22. The number of pyridine rings is 1. The summed E-state index contributed by atoms with van der Waals surface area (Å²) in [6.45, 7) is 0.821. The molecule has 0 bridgehead atoms. The van der Waals surface area contributed by atoms with Crippen molar-refractivity contribution in [1.82, 2.24) is 15.0 Å². The molecule has 4 heterocycles. The molecule has 6 rings (SSSR count). The van der Waals surface area contributed by atoms with Gasteiger partial charge in [-0.15, -0.1) is 11.3 Å². The molecule has 0 fully saturated rings. The third-order valence-corrected chi connectivity index (χ3v) is 7.63. The van der Waals surface area contributed by atoms with E-state index in [0.29, 0.717) is 0 Å².